The van der Waals surface area contributed by atoms with Gasteiger partial charge in [-0.2, -0.15) is 5.26 Å². The van der Waals surface area contributed by atoms with Gasteiger partial charge in [0.25, 0.3) is 0 Å². The summed E-state index contributed by atoms with van der Waals surface area (Å²) in [5.74, 6) is 0.696. The first-order valence-corrected chi connectivity index (χ1v) is 5.92. The molecule has 0 aliphatic carbocycles. The van der Waals surface area contributed by atoms with Crippen molar-refractivity contribution in [2.24, 2.45) is 11.3 Å². The van der Waals surface area contributed by atoms with E-state index in [1.165, 1.54) is 11.1 Å². The maximum Gasteiger partial charge on any atom is 0.0687 e. The number of hydrogen-bond donors (Lipinski definition) is 0. The molecule has 1 aromatic rings. The number of benzene rings is 1. The first kappa shape index (κ1) is 12.8. The molecule has 16 heavy (non-hydrogen) atoms. The summed E-state index contributed by atoms with van der Waals surface area (Å²) in [4.78, 5) is 0. The van der Waals surface area contributed by atoms with Crippen LogP contribution in [0.5, 0.6) is 0 Å². The predicted octanol–water partition coefficient (Wildman–Crippen LogP) is 3.98. The van der Waals surface area contributed by atoms with Gasteiger partial charge in [-0.05, 0) is 43.7 Å². The van der Waals surface area contributed by atoms with E-state index in [0.717, 1.165) is 12.8 Å². The summed E-state index contributed by atoms with van der Waals surface area (Å²) in [7, 11) is 0. The van der Waals surface area contributed by atoms with Gasteiger partial charge >= 0.3 is 0 Å². The quantitative estimate of drug-likeness (QED) is 0.745. The van der Waals surface area contributed by atoms with Crippen LogP contribution in [0.15, 0.2) is 24.3 Å². The molecule has 0 amide bonds. The van der Waals surface area contributed by atoms with Crippen LogP contribution in [0.1, 0.15) is 38.8 Å². The number of rotatable bonds is 4. The highest BCUT2D eigenvalue weighted by atomic mass is 14.3. The monoisotopic (exact) mass is 215 g/mol. The topological polar surface area (TPSA) is 23.8 Å². The fraction of sp³-hybridized carbons (Fsp3) is 0.533. The van der Waals surface area contributed by atoms with Gasteiger partial charge in [-0.25, -0.2) is 0 Å². The maximum atomic E-state index is 8.98. The van der Waals surface area contributed by atoms with E-state index >= 15 is 0 Å². The Balaban J connectivity index is 2.69. The highest BCUT2D eigenvalue weighted by Crippen LogP contribution is 2.21. The van der Waals surface area contributed by atoms with Crippen LogP contribution in [0.2, 0.25) is 0 Å². The zero-order valence-electron chi connectivity index (χ0n) is 10.7. The van der Waals surface area contributed by atoms with Crippen LogP contribution >= 0.6 is 0 Å². The smallest absolute Gasteiger partial charge is 0.0687 e. The van der Waals surface area contributed by atoms with Gasteiger partial charge in [-0.3, -0.25) is 0 Å². The van der Waals surface area contributed by atoms with Crippen LogP contribution in [0.4, 0.5) is 0 Å². The summed E-state index contributed by atoms with van der Waals surface area (Å²) >= 11 is 0. The summed E-state index contributed by atoms with van der Waals surface area (Å²) < 4.78 is 0. The molecular formula is C15H21N. The molecule has 1 nitrogen and oxygen atoms in total. The molecule has 1 aromatic carbocycles. The van der Waals surface area contributed by atoms with Crippen molar-refractivity contribution in [3.05, 3.63) is 35.4 Å². The number of nitrogens with zero attached hydrogens (tertiary/aromatic N) is 1. The molecule has 0 aliphatic heterocycles. The van der Waals surface area contributed by atoms with Crippen molar-refractivity contribution in [2.45, 2.75) is 40.5 Å². The first-order chi connectivity index (χ1) is 7.43. The molecule has 1 rings (SSSR count). The molecule has 0 aromatic heterocycles. The second kappa shape index (κ2) is 5.16. The predicted molar refractivity (Wildman–Crippen MR) is 68.1 cm³/mol. The highest BCUT2D eigenvalue weighted by Gasteiger charge is 2.16. The summed E-state index contributed by atoms with van der Waals surface area (Å²) in [5.41, 5.74) is 2.37. The Morgan fingerprint density at radius 3 is 2.06 bits per heavy atom. The van der Waals surface area contributed by atoms with E-state index in [1.54, 1.807) is 0 Å². The Bertz CT molecular complexity index is 365. The fourth-order valence-electron chi connectivity index (χ4n) is 1.81. The van der Waals surface area contributed by atoms with Gasteiger partial charge < -0.3 is 0 Å². The molecule has 0 unspecified atom stereocenters. The van der Waals surface area contributed by atoms with Crippen molar-refractivity contribution < 1.29 is 0 Å². The lowest BCUT2D eigenvalue weighted by Gasteiger charge is -2.15. The van der Waals surface area contributed by atoms with Gasteiger partial charge in [0.2, 0.25) is 0 Å². The first-order valence-electron chi connectivity index (χ1n) is 5.92. The molecule has 0 saturated heterocycles. The molecule has 0 bridgehead atoms. The molecule has 0 atom stereocenters. The molecule has 1 heteroatoms. The average Bonchev–Trinajstić information content (AvgIpc) is 2.20. The van der Waals surface area contributed by atoms with Gasteiger partial charge in [-0.1, -0.05) is 38.1 Å². The average molecular weight is 215 g/mol. The second-order valence-electron chi connectivity index (χ2n) is 5.59. The third kappa shape index (κ3) is 4.06. The number of nitriles is 1. The van der Waals surface area contributed by atoms with Gasteiger partial charge in [0.1, 0.15) is 0 Å². The van der Waals surface area contributed by atoms with Crippen molar-refractivity contribution in [2.75, 3.05) is 0 Å². The van der Waals surface area contributed by atoms with Gasteiger partial charge in [0, 0.05) is 0 Å². The Morgan fingerprint density at radius 2 is 1.62 bits per heavy atom. The molecular weight excluding hydrogens is 194 g/mol. The van der Waals surface area contributed by atoms with Crippen LogP contribution in [0.25, 0.3) is 0 Å². The van der Waals surface area contributed by atoms with Gasteiger partial charge in [0.05, 0.1) is 11.5 Å². The van der Waals surface area contributed by atoms with Crippen LogP contribution in [0.3, 0.4) is 0 Å². The third-order valence-electron chi connectivity index (χ3n) is 2.62. The van der Waals surface area contributed by atoms with Crippen molar-refractivity contribution in [3.63, 3.8) is 0 Å². The minimum Gasteiger partial charge on any atom is -0.198 e. The zero-order chi connectivity index (χ0) is 12.2. The van der Waals surface area contributed by atoms with E-state index in [4.69, 9.17) is 5.26 Å². The molecule has 86 valence electrons. The molecule has 0 fully saturated rings. The highest BCUT2D eigenvalue weighted by molar-refractivity contribution is 5.24. The third-order valence-corrected chi connectivity index (χ3v) is 2.62. The Morgan fingerprint density at radius 1 is 1.12 bits per heavy atom. The minimum atomic E-state index is -0.264. The molecule has 0 spiro atoms. The van der Waals surface area contributed by atoms with Crippen molar-refractivity contribution in [3.8, 4) is 6.07 Å². The Kier molecular flexibility index (Phi) is 4.12. The molecule has 0 radical (unpaired) electrons. The fourth-order valence-corrected chi connectivity index (χ4v) is 1.81. The SMILES string of the molecule is CC(C)Cc1ccc(CC(C)(C)C#N)cc1. The van der Waals surface area contributed by atoms with Crippen LogP contribution in [-0.2, 0) is 12.8 Å². The summed E-state index contributed by atoms with van der Waals surface area (Å²) in [6.07, 6.45) is 1.95. The van der Waals surface area contributed by atoms with Crippen LogP contribution < -0.4 is 0 Å². The largest absolute Gasteiger partial charge is 0.198 e. The second-order valence-corrected chi connectivity index (χ2v) is 5.59. The lowest BCUT2D eigenvalue weighted by atomic mass is 9.87. The minimum absolute atomic E-state index is 0.264. The van der Waals surface area contributed by atoms with E-state index in [0.29, 0.717) is 5.92 Å². The maximum absolute atomic E-state index is 8.98. The van der Waals surface area contributed by atoms with E-state index in [2.05, 4.69) is 44.2 Å². The molecule has 0 saturated carbocycles. The van der Waals surface area contributed by atoms with E-state index in [-0.39, 0.29) is 5.41 Å². The molecule has 0 aliphatic rings. The lowest BCUT2D eigenvalue weighted by Crippen LogP contribution is -2.11. The van der Waals surface area contributed by atoms with Crippen molar-refractivity contribution in [1.82, 2.24) is 0 Å². The summed E-state index contributed by atoms with van der Waals surface area (Å²) in [6.45, 7) is 8.42. The van der Waals surface area contributed by atoms with E-state index < -0.39 is 0 Å². The van der Waals surface area contributed by atoms with Gasteiger partial charge in [0.15, 0.2) is 0 Å². The Labute approximate surface area is 99.1 Å². The molecule has 0 N–H and O–H groups in total. The Hall–Kier alpha value is -1.29. The summed E-state index contributed by atoms with van der Waals surface area (Å²) in [6, 6.07) is 11.0. The molecule has 0 heterocycles. The summed E-state index contributed by atoms with van der Waals surface area (Å²) in [5, 5.41) is 8.98. The van der Waals surface area contributed by atoms with Gasteiger partial charge in [-0.15, -0.1) is 0 Å². The lowest BCUT2D eigenvalue weighted by molar-refractivity contribution is 0.493. The van der Waals surface area contributed by atoms with Crippen molar-refractivity contribution >= 4 is 0 Å². The van der Waals surface area contributed by atoms with Crippen molar-refractivity contribution in [1.29, 1.82) is 5.26 Å². The zero-order valence-corrected chi connectivity index (χ0v) is 10.7. The van der Waals surface area contributed by atoms with E-state index in [9.17, 15) is 0 Å². The normalized spacial score (nSPS) is 11.5. The van der Waals surface area contributed by atoms with Crippen LogP contribution in [-0.4, -0.2) is 0 Å². The standard InChI is InChI=1S/C15H21N/c1-12(2)9-13-5-7-14(8-6-13)10-15(3,4)11-16/h5-8,12H,9-10H2,1-4H3. The number of hydrogen-bond acceptors (Lipinski definition) is 1. The van der Waals surface area contributed by atoms with Crippen LogP contribution in [0, 0.1) is 22.7 Å². The van der Waals surface area contributed by atoms with E-state index in [1.807, 2.05) is 13.8 Å².